The standard InChI is InChI=1S/C10H23NOS/c1-5-9(2)11-8-10(3)13-7-6-12-4/h9-11H,5-8H2,1-4H3. The van der Waals surface area contributed by atoms with E-state index in [0.717, 1.165) is 18.9 Å². The summed E-state index contributed by atoms with van der Waals surface area (Å²) in [5.74, 6) is 1.10. The van der Waals surface area contributed by atoms with Gasteiger partial charge in [-0.15, -0.1) is 0 Å². The van der Waals surface area contributed by atoms with Gasteiger partial charge < -0.3 is 10.1 Å². The van der Waals surface area contributed by atoms with Gasteiger partial charge in [-0.1, -0.05) is 13.8 Å². The monoisotopic (exact) mass is 205 g/mol. The molecule has 0 bridgehead atoms. The summed E-state index contributed by atoms with van der Waals surface area (Å²) in [6, 6.07) is 0.644. The molecule has 0 aliphatic carbocycles. The van der Waals surface area contributed by atoms with E-state index in [2.05, 4.69) is 26.1 Å². The molecular weight excluding hydrogens is 182 g/mol. The highest BCUT2D eigenvalue weighted by molar-refractivity contribution is 7.99. The zero-order valence-corrected chi connectivity index (χ0v) is 10.1. The molecule has 2 nitrogen and oxygen atoms in total. The summed E-state index contributed by atoms with van der Waals surface area (Å²) in [5.41, 5.74) is 0. The summed E-state index contributed by atoms with van der Waals surface area (Å²) >= 11 is 1.97. The number of thioether (sulfide) groups is 1. The van der Waals surface area contributed by atoms with Crippen LogP contribution in [0.1, 0.15) is 27.2 Å². The Morgan fingerprint density at radius 1 is 1.38 bits per heavy atom. The average Bonchev–Trinajstić information content (AvgIpc) is 2.14. The fraction of sp³-hybridized carbons (Fsp3) is 1.00. The number of nitrogens with one attached hydrogen (secondary N) is 1. The number of hydrogen-bond acceptors (Lipinski definition) is 3. The molecule has 0 spiro atoms. The molecule has 0 aromatic heterocycles. The van der Waals surface area contributed by atoms with E-state index in [1.807, 2.05) is 11.8 Å². The molecule has 80 valence electrons. The van der Waals surface area contributed by atoms with Gasteiger partial charge in [0.05, 0.1) is 6.61 Å². The summed E-state index contributed by atoms with van der Waals surface area (Å²) < 4.78 is 5.00. The van der Waals surface area contributed by atoms with Crippen molar-refractivity contribution in [1.82, 2.24) is 5.32 Å². The van der Waals surface area contributed by atoms with Crippen LogP contribution in [0.2, 0.25) is 0 Å². The third-order valence-corrected chi connectivity index (χ3v) is 3.19. The third-order valence-electron chi connectivity index (χ3n) is 2.06. The molecule has 0 heterocycles. The van der Waals surface area contributed by atoms with Gasteiger partial charge in [-0.2, -0.15) is 11.8 Å². The first-order valence-corrected chi connectivity index (χ1v) is 6.09. The summed E-state index contributed by atoms with van der Waals surface area (Å²) in [5, 5.41) is 4.18. The highest BCUT2D eigenvalue weighted by Crippen LogP contribution is 2.08. The first-order valence-electron chi connectivity index (χ1n) is 5.04. The van der Waals surface area contributed by atoms with E-state index in [0.29, 0.717) is 11.3 Å². The van der Waals surface area contributed by atoms with Gasteiger partial charge in [0.25, 0.3) is 0 Å². The van der Waals surface area contributed by atoms with Crippen LogP contribution in [0.4, 0.5) is 0 Å². The van der Waals surface area contributed by atoms with Crippen LogP contribution in [0, 0.1) is 0 Å². The molecule has 0 saturated carbocycles. The Balaban J connectivity index is 3.24. The van der Waals surface area contributed by atoms with Crippen LogP contribution in [0.15, 0.2) is 0 Å². The van der Waals surface area contributed by atoms with Crippen LogP contribution in [0.5, 0.6) is 0 Å². The summed E-state index contributed by atoms with van der Waals surface area (Å²) in [4.78, 5) is 0. The fourth-order valence-electron chi connectivity index (χ4n) is 0.903. The fourth-order valence-corrected chi connectivity index (χ4v) is 1.78. The van der Waals surface area contributed by atoms with E-state index in [-0.39, 0.29) is 0 Å². The van der Waals surface area contributed by atoms with Crippen molar-refractivity contribution < 1.29 is 4.74 Å². The molecular formula is C10H23NOS. The van der Waals surface area contributed by atoms with Gasteiger partial charge in [0.15, 0.2) is 0 Å². The second-order valence-electron chi connectivity index (χ2n) is 3.39. The SMILES string of the molecule is CCC(C)NCC(C)SCCOC. The van der Waals surface area contributed by atoms with Crippen molar-refractivity contribution in [3.05, 3.63) is 0 Å². The lowest BCUT2D eigenvalue weighted by Gasteiger charge is -2.15. The maximum atomic E-state index is 5.00. The Hall–Kier alpha value is 0.270. The van der Waals surface area contributed by atoms with Gasteiger partial charge in [0.2, 0.25) is 0 Å². The second kappa shape index (κ2) is 8.85. The average molecular weight is 205 g/mol. The minimum Gasteiger partial charge on any atom is -0.384 e. The van der Waals surface area contributed by atoms with Gasteiger partial charge in [0.1, 0.15) is 0 Å². The zero-order chi connectivity index (χ0) is 10.1. The van der Waals surface area contributed by atoms with Crippen LogP contribution in [0.25, 0.3) is 0 Å². The van der Waals surface area contributed by atoms with Gasteiger partial charge >= 0.3 is 0 Å². The molecule has 2 atom stereocenters. The Kier molecular flexibility index (Phi) is 9.03. The van der Waals surface area contributed by atoms with Crippen molar-refractivity contribution in [2.75, 3.05) is 26.0 Å². The smallest absolute Gasteiger partial charge is 0.0553 e. The molecule has 3 heteroatoms. The highest BCUT2D eigenvalue weighted by atomic mass is 32.2. The molecule has 0 saturated heterocycles. The minimum absolute atomic E-state index is 0.644. The van der Waals surface area contributed by atoms with Crippen molar-refractivity contribution in [2.24, 2.45) is 0 Å². The van der Waals surface area contributed by atoms with E-state index >= 15 is 0 Å². The minimum atomic E-state index is 0.644. The topological polar surface area (TPSA) is 21.3 Å². The predicted molar refractivity (Wildman–Crippen MR) is 61.6 cm³/mol. The second-order valence-corrected chi connectivity index (χ2v) is 4.94. The lowest BCUT2D eigenvalue weighted by molar-refractivity contribution is 0.218. The molecule has 0 aromatic carbocycles. The summed E-state index contributed by atoms with van der Waals surface area (Å²) in [6.45, 7) is 8.66. The zero-order valence-electron chi connectivity index (χ0n) is 9.30. The number of rotatable bonds is 8. The molecule has 0 amide bonds. The normalized spacial score (nSPS) is 15.7. The predicted octanol–water partition coefficient (Wildman–Crippen LogP) is 2.14. The number of methoxy groups -OCH3 is 1. The molecule has 0 aliphatic rings. The van der Waals surface area contributed by atoms with Gasteiger partial charge in [-0.3, -0.25) is 0 Å². The van der Waals surface area contributed by atoms with Crippen molar-refractivity contribution >= 4 is 11.8 Å². The van der Waals surface area contributed by atoms with E-state index < -0.39 is 0 Å². The van der Waals surface area contributed by atoms with Gasteiger partial charge in [0, 0.05) is 30.7 Å². The molecule has 0 aromatic rings. The largest absolute Gasteiger partial charge is 0.384 e. The third kappa shape index (κ3) is 8.60. The van der Waals surface area contributed by atoms with Crippen LogP contribution >= 0.6 is 11.8 Å². The van der Waals surface area contributed by atoms with Crippen LogP contribution in [0.3, 0.4) is 0 Å². The maximum Gasteiger partial charge on any atom is 0.0553 e. The molecule has 0 aliphatic heterocycles. The maximum absolute atomic E-state index is 5.00. The van der Waals surface area contributed by atoms with E-state index in [1.54, 1.807) is 7.11 Å². The lowest BCUT2D eigenvalue weighted by atomic mass is 10.2. The molecule has 1 N–H and O–H groups in total. The molecule has 0 rings (SSSR count). The Labute approximate surface area is 86.8 Å². The lowest BCUT2D eigenvalue weighted by Crippen LogP contribution is -2.31. The first kappa shape index (κ1) is 13.3. The molecule has 0 radical (unpaired) electrons. The number of ether oxygens (including phenoxy) is 1. The Morgan fingerprint density at radius 3 is 2.62 bits per heavy atom. The molecule has 0 fully saturated rings. The first-order chi connectivity index (χ1) is 6.20. The van der Waals surface area contributed by atoms with E-state index in [1.165, 1.54) is 6.42 Å². The Bertz CT molecular complexity index is 111. The van der Waals surface area contributed by atoms with E-state index in [9.17, 15) is 0 Å². The molecule has 2 unspecified atom stereocenters. The van der Waals surface area contributed by atoms with Crippen molar-refractivity contribution in [3.8, 4) is 0 Å². The quantitative estimate of drug-likeness (QED) is 0.614. The Morgan fingerprint density at radius 2 is 2.08 bits per heavy atom. The van der Waals surface area contributed by atoms with Crippen molar-refractivity contribution in [1.29, 1.82) is 0 Å². The number of hydrogen-bond donors (Lipinski definition) is 1. The van der Waals surface area contributed by atoms with E-state index in [4.69, 9.17) is 4.74 Å². The van der Waals surface area contributed by atoms with Crippen molar-refractivity contribution in [2.45, 2.75) is 38.5 Å². The summed E-state index contributed by atoms with van der Waals surface area (Å²) in [6.07, 6.45) is 1.20. The molecule has 13 heavy (non-hydrogen) atoms. The van der Waals surface area contributed by atoms with Crippen molar-refractivity contribution in [3.63, 3.8) is 0 Å². The summed E-state index contributed by atoms with van der Waals surface area (Å²) in [7, 11) is 1.75. The van der Waals surface area contributed by atoms with Crippen LogP contribution in [-0.4, -0.2) is 37.3 Å². The van der Waals surface area contributed by atoms with Crippen LogP contribution < -0.4 is 5.32 Å². The van der Waals surface area contributed by atoms with Gasteiger partial charge in [-0.25, -0.2) is 0 Å². The van der Waals surface area contributed by atoms with Gasteiger partial charge in [-0.05, 0) is 13.3 Å². The van der Waals surface area contributed by atoms with Crippen LogP contribution in [-0.2, 0) is 4.74 Å². The highest BCUT2D eigenvalue weighted by Gasteiger charge is 2.03.